The highest BCUT2D eigenvalue weighted by Gasteiger charge is 2.24. The highest BCUT2D eigenvalue weighted by molar-refractivity contribution is 6.02. The summed E-state index contributed by atoms with van der Waals surface area (Å²) in [4.78, 5) is 28.5. The van der Waals surface area contributed by atoms with Crippen molar-refractivity contribution in [2.45, 2.75) is 19.4 Å². The Labute approximate surface area is 170 Å². The SMILES string of the molecule is CN(CC(=O)Nc1ccccc1N1CCCC1=O)Cc1ccc2ccccc2c1. The van der Waals surface area contributed by atoms with E-state index in [9.17, 15) is 9.59 Å². The normalized spacial score (nSPS) is 14.0. The number of likely N-dealkylation sites (N-methyl/N-ethyl adjacent to an activating group) is 1. The van der Waals surface area contributed by atoms with Crippen LogP contribution >= 0.6 is 0 Å². The number of carbonyl (C=O) groups is 2. The van der Waals surface area contributed by atoms with Crippen LogP contribution in [0, 0.1) is 0 Å². The first-order valence-electron chi connectivity index (χ1n) is 9.95. The second kappa shape index (κ2) is 8.45. The second-order valence-corrected chi connectivity index (χ2v) is 7.57. The monoisotopic (exact) mass is 387 g/mol. The van der Waals surface area contributed by atoms with Gasteiger partial charge in [0.05, 0.1) is 17.9 Å². The number of hydrogen-bond donors (Lipinski definition) is 1. The molecule has 0 aromatic heterocycles. The van der Waals surface area contributed by atoms with E-state index in [1.165, 1.54) is 16.3 Å². The first-order chi connectivity index (χ1) is 14.1. The predicted octanol–water partition coefficient (Wildman–Crippen LogP) is 4.04. The van der Waals surface area contributed by atoms with Gasteiger partial charge in [-0.05, 0) is 48.0 Å². The second-order valence-electron chi connectivity index (χ2n) is 7.57. The van der Waals surface area contributed by atoms with Gasteiger partial charge in [-0.1, -0.05) is 48.5 Å². The Morgan fingerprint density at radius 3 is 2.59 bits per heavy atom. The molecule has 0 atom stereocenters. The molecule has 1 heterocycles. The van der Waals surface area contributed by atoms with Crippen LogP contribution in [0.1, 0.15) is 18.4 Å². The van der Waals surface area contributed by atoms with Crippen LogP contribution in [0.5, 0.6) is 0 Å². The fraction of sp³-hybridized carbons (Fsp3) is 0.250. The quantitative estimate of drug-likeness (QED) is 0.695. The lowest BCUT2D eigenvalue weighted by molar-refractivity contribution is -0.118. The number of nitrogens with one attached hydrogen (secondary N) is 1. The molecule has 0 aliphatic carbocycles. The molecule has 0 radical (unpaired) electrons. The number of fused-ring (bicyclic) bond motifs is 1. The van der Waals surface area contributed by atoms with E-state index in [-0.39, 0.29) is 18.4 Å². The van der Waals surface area contributed by atoms with Gasteiger partial charge in [-0.3, -0.25) is 14.5 Å². The van der Waals surface area contributed by atoms with Crippen LogP contribution in [-0.4, -0.2) is 36.9 Å². The lowest BCUT2D eigenvalue weighted by Gasteiger charge is -2.21. The zero-order valence-corrected chi connectivity index (χ0v) is 16.6. The molecule has 1 aliphatic rings. The molecule has 4 rings (SSSR count). The highest BCUT2D eigenvalue weighted by atomic mass is 16.2. The molecule has 1 N–H and O–H groups in total. The summed E-state index contributed by atoms with van der Waals surface area (Å²) in [5, 5.41) is 5.39. The minimum absolute atomic E-state index is 0.0904. The van der Waals surface area contributed by atoms with Crippen LogP contribution in [0.15, 0.2) is 66.7 Å². The molecule has 1 saturated heterocycles. The maximum Gasteiger partial charge on any atom is 0.238 e. The summed E-state index contributed by atoms with van der Waals surface area (Å²) in [6.45, 7) is 1.66. The van der Waals surface area contributed by atoms with Crippen LogP contribution in [0.4, 0.5) is 11.4 Å². The van der Waals surface area contributed by atoms with Crippen molar-refractivity contribution in [1.29, 1.82) is 0 Å². The van der Waals surface area contributed by atoms with Crippen LogP contribution in [-0.2, 0) is 16.1 Å². The number of anilines is 2. The smallest absolute Gasteiger partial charge is 0.238 e. The van der Waals surface area contributed by atoms with E-state index < -0.39 is 0 Å². The van der Waals surface area contributed by atoms with Crippen LogP contribution in [0.3, 0.4) is 0 Å². The molecule has 5 nitrogen and oxygen atoms in total. The Morgan fingerprint density at radius 2 is 1.79 bits per heavy atom. The average Bonchev–Trinajstić information content (AvgIpc) is 3.14. The molecule has 0 saturated carbocycles. The van der Waals surface area contributed by atoms with Gasteiger partial charge in [0, 0.05) is 19.5 Å². The van der Waals surface area contributed by atoms with E-state index in [1.807, 2.05) is 48.3 Å². The van der Waals surface area contributed by atoms with E-state index in [0.29, 0.717) is 25.2 Å². The van der Waals surface area contributed by atoms with Gasteiger partial charge in [-0.25, -0.2) is 0 Å². The lowest BCUT2D eigenvalue weighted by Crippen LogP contribution is -2.31. The Hall–Kier alpha value is -3.18. The van der Waals surface area contributed by atoms with Crippen molar-refractivity contribution in [3.05, 3.63) is 72.3 Å². The Morgan fingerprint density at radius 1 is 1.03 bits per heavy atom. The number of benzene rings is 3. The van der Waals surface area contributed by atoms with Gasteiger partial charge in [0.1, 0.15) is 0 Å². The van der Waals surface area contributed by atoms with Crippen molar-refractivity contribution in [3.8, 4) is 0 Å². The lowest BCUT2D eigenvalue weighted by atomic mass is 10.1. The summed E-state index contributed by atoms with van der Waals surface area (Å²) in [7, 11) is 1.94. The molecule has 2 amide bonds. The van der Waals surface area contributed by atoms with Crippen LogP contribution in [0.2, 0.25) is 0 Å². The van der Waals surface area contributed by atoms with Gasteiger partial charge in [0.15, 0.2) is 0 Å². The van der Waals surface area contributed by atoms with Crippen molar-refractivity contribution in [1.82, 2.24) is 4.90 Å². The maximum atomic E-state index is 12.6. The number of carbonyl (C=O) groups excluding carboxylic acids is 2. The first kappa shape index (κ1) is 19.2. The molecule has 29 heavy (non-hydrogen) atoms. The molecular weight excluding hydrogens is 362 g/mol. The van der Waals surface area contributed by atoms with Crippen molar-refractivity contribution in [2.75, 3.05) is 30.4 Å². The van der Waals surface area contributed by atoms with Crippen molar-refractivity contribution in [3.63, 3.8) is 0 Å². The van der Waals surface area contributed by atoms with Crippen molar-refractivity contribution in [2.24, 2.45) is 0 Å². The zero-order valence-electron chi connectivity index (χ0n) is 16.6. The summed E-state index contributed by atoms with van der Waals surface area (Å²) in [6.07, 6.45) is 1.42. The van der Waals surface area contributed by atoms with E-state index in [4.69, 9.17) is 0 Å². The molecule has 1 aliphatic heterocycles. The molecule has 3 aromatic rings. The summed E-state index contributed by atoms with van der Waals surface area (Å²) < 4.78 is 0. The third-order valence-corrected chi connectivity index (χ3v) is 5.22. The first-order valence-corrected chi connectivity index (χ1v) is 9.95. The van der Waals surface area contributed by atoms with Gasteiger partial charge in [-0.15, -0.1) is 0 Å². The Kier molecular flexibility index (Phi) is 5.58. The van der Waals surface area contributed by atoms with Gasteiger partial charge in [-0.2, -0.15) is 0 Å². The van der Waals surface area contributed by atoms with Crippen LogP contribution < -0.4 is 10.2 Å². The predicted molar refractivity (Wildman–Crippen MR) is 117 cm³/mol. The van der Waals surface area contributed by atoms with Gasteiger partial charge >= 0.3 is 0 Å². The summed E-state index contributed by atoms with van der Waals surface area (Å²) in [5.41, 5.74) is 2.63. The highest BCUT2D eigenvalue weighted by Crippen LogP contribution is 2.29. The minimum atomic E-state index is -0.0904. The molecule has 0 unspecified atom stereocenters. The third-order valence-electron chi connectivity index (χ3n) is 5.22. The number of hydrogen-bond acceptors (Lipinski definition) is 3. The molecule has 5 heteroatoms. The van der Waals surface area contributed by atoms with Gasteiger partial charge in [0.2, 0.25) is 11.8 Å². The van der Waals surface area contributed by atoms with E-state index in [0.717, 1.165) is 12.1 Å². The topological polar surface area (TPSA) is 52.7 Å². The van der Waals surface area contributed by atoms with Gasteiger partial charge < -0.3 is 10.2 Å². The maximum absolute atomic E-state index is 12.6. The number of nitrogens with zero attached hydrogens (tertiary/aromatic N) is 2. The fourth-order valence-corrected chi connectivity index (χ4v) is 3.86. The van der Waals surface area contributed by atoms with Crippen molar-refractivity contribution < 1.29 is 9.59 Å². The summed E-state index contributed by atoms with van der Waals surface area (Å²) >= 11 is 0. The minimum Gasteiger partial charge on any atom is -0.323 e. The van der Waals surface area contributed by atoms with E-state index >= 15 is 0 Å². The average molecular weight is 387 g/mol. The number of amides is 2. The number of para-hydroxylation sites is 2. The molecular formula is C24H25N3O2. The molecule has 0 bridgehead atoms. The molecule has 3 aromatic carbocycles. The summed E-state index contributed by atoms with van der Waals surface area (Å²) in [6, 6.07) is 22.1. The van der Waals surface area contributed by atoms with Crippen LogP contribution in [0.25, 0.3) is 10.8 Å². The fourth-order valence-electron chi connectivity index (χ4n) is 3.86. The van der Waals surface area contributed by atoms with E-state index in [1.54, 1.807) is 4.90 Å². The largest absolute Gasteiger partial charge is 0.323 e. The zero-order chi connectivity index (χ0) is 20.2. The Bertz CT molecular complexity index is 1050. The number of rotatable bonds is 6. The standard InChI is InChI=1S/C24H25N3O2/c1-26(16-18-12-13-19-7-2-3-8-20(19)15-18)17-23(28)25-21-9-4-5-10-22(21)27-14-6-11-24(27)29/h2-5,7-10,12-13,15H,6,11,14,16-17H2,1H3,(H,25,28). The molecule has 148 valence electrons. The third kappa shape index (κ3) is 4.46. The van der Waals surface area contributed by atoms with Crippen molar-refractivity contribution >= 4 is 34.0 Å². The van der Waals surface area contributed by atoms with Gasteiger partial charge in [0.25, 0.3) is 0 Å². The Balaban J connectivity index is 1.40. The molecule has 0 spiro atoms. The summed E-state index contributed by atoms with van der Waals surface area (Å²) in [5.74, 6) is 0.0208. The van der Waals surface area contributed by atoms with E-state index in [2.05, 4.69) is 35.6 Å². The molecule has 1 fully saturated rings.